The Morgan fingerprint density at radius 3 is 2.44 bits per heavy atom. The van der Waals surface area contributed by atoms with Crippen LogP contribution in [0.3, 0.4) is 0 Å². The summed E-state index contributed by atoms with van der Waals surface area (Å²) < 4.78 is 17.2. The Hall–Kier alpha value is -4.10. The summed E-state index contributed by atoms with van der Waals surface area (Å²) in [5.74, 6) is 0.705. The minimum absolute atomic E-state index is 0.0992. The molecule has 2 heterocycles. The number of morpholine rings is 1. The van der Waals surface area contributed by atoms with Crippen LogP contribution in [0.4, 0.5) is 11.4 Å². The highest BCUT2D eigenvalue weighted by atomic mass is 16.5. The van der Waals surface area contributed by atoms with Crippen molar-refractivity contribution < 1.29 is 18.7 Å². The van der Waals surface area contributed by atoms with Crippen molar-refractivity contribution in [3.63, 3.8) is 0 Å². The van der Waals surface area contributed by atoms with Crippen molar-refractivity contribution in [3.8, 4) is 16.9 Å². The number of hydrogen-bond donors (Lipinski definition) is 1. The van der Waals surface area contributed by atoms with Gasteiger partial charge in [-0.25, -0.2) is 0 Å². The summed E-state index contributed by atoms with van der Waals surface area (Å²) in [5.41, 5.74) is 3.47. The number of carbonyl (C=O) groups excluding carboxylic acids is 1. The first-order chi connectivity index (χ1) is 17.5. The first kappa shape index (κ1) is 23.6. The van der Waals surface area contributed by atoms with E-state index < -0.39 is 6.10 Å². The van der Waals surface area contributed by atoms with Crippen molar-refractivity contribution in [2.45, 2.75) is 20.0 Å². The second kappa shape index (κ2) is 10.3. The van der Waals surface area contributed by atoms with E-state index in [1.165, 1.54) is 0 Å². The number of anilines is 2. The van der Waals surface area contributed by atoms with Gasteiger partial charge in [0.05, 0.1) is 24.2 Å². The van der Waals surface area contributed by atoms with E-state index >= 15 is 0 Å². The van der Waals surface area contributed by atoms with E-state index in [2.05, 4.69) is 10.2 Å². The standard InChI is InChI=1S/C29H28N2O5/c1-19-27(21-6-4-3-5-7-21)28(32)25-13-12-24(18-26(25)36-19)35-20(2)29(33)30-22-8-10-23(11-9-22)31-14-16-34-17-15-31/h3-13,18,20H,14-17H2,1-2H3,(H,30,33). The van der Waals surface area contributed by atoms with Crippen LogP contribution in [-0.2, 0) is 9.53 Å². The van der Waals surface area contributed by atoms with Crippen molar-refractivity contribution in [1.82, 2.24) is 0 Å². The van der Waals surface area contributed by atoms with Crippen LogP contribution >= 0.6 is 0 Å². The Kier molecular flexibility index (Phi) is 6.73. The van der Waals surface area contributed by atoms with Crippen LogP contribution in [-0.4, -0.2) is 38.3 Å². The molecule has 1 unspecified atom stereocenters. The number of hydrogen-bond acceptors (Lipinski definition) is 6. The third-order valence-electron chi connectivity index (χ3n) is 6.30. The fourth-order valence-corrected chi connectivity index (χ4v) is 4.38. The summed E-state index contributed by atoms with van der Waals surface area (Å²) in [6.07, 6.45) is -0.752. The van der Waals surface area contributed by atoms with Gasteiger partial charge >= 0.3 is 0 Å². The first-order valence-electron chi connectivity index (χ1n) is 12.0. The maximum Gasteiger partial charge on any atom is 0.265 e. The molecule has 0 spiro atoms. The normalized spacial score (nSPS) is 14.4. The van der Waals surface area contributed by atoms with E-state index in [4.69, 9.17) is 13.9 Å². The smallest absolute Gasteiger partial charge is 0.265 e. The van der Waals surface area contributed by atoms with Crippen molar-refractivity contribution in [2.75, 3.05) is 36.5 Å². The monoisotopic (exact) mass is 484 g/mol. The molecule has 7 heteroatoms. The van der Waals surface area contributed by atoms with Gasteiger partial charge in [0.2, 0.25) is 5.43 Å². The van der Waals surface area contributed by atoms with Crippen LogP contribution in [0, 0.1) is 6.92 Å². The van der Waals surface area contributed by atoms with E-state index in [9.17, 15) is 9.59 Å². The number of carbonyl (C=O) groups is 1. The lowest BCUT2D eigenvalue weighted by Crippen LogP contribution is -2.36. The number of aryl methyl sites for hydroxylation is 1. The molecule has 1 amide bonds. The Bertz CT molecular complexity index is 1420. The van der Waals surface area contributed by atoms with Crippen molar-refractivity contribution in [2.24, 2.45) is 0 Å². The van der Waals surface area contributed by atoms with Crippen LogP contribution in [0.15, 0.2) is 82.0 Å². The molecule has 5 rings (SSSR count). The Morgan fingerprint density at radius 2 is 1.72 bits per heavy atom. The van der Waals surface area contributed by atoms with E-state index in [0.717, 1.165) is 37.6 Å². The quantitative estimate of drug-likeness (QED) is 0.414. The van der Waals surface area contributed by atoms with Crippen molar-refractivity contribution in [3.05, 3.63) is 88.8 Å². The van der Waals surface area contributed by atoms with E-state index in [-0.39, 0.29) is 11.3 Å². The highest BCUT2D eigenvalue weighted by Crippen LogP contribution is 2.27. The molecule has 1 fully saturated rings. The van der Waals surface area contributed by atoms with Gasteiger partial charge in [0.1, 0.15) is 17.1 Å². The van der Waals surface area contributed by atoms with E-state index in [1.807, 2.05) is 54.6 Å². The molecule has 0 bridgehead atoms. The van der Waals surface area contributed by atoms with Gasteiger partial charge in [-0.05, 0) is 55.8 Å². The summed E-state index contributed by atoms with van der Waals surface area (Å²) in [4.78, 5) is 28.1. The number of benzene rings is 3. The largest absolute Gasteiger partial charge is 0.481 e. The van der Waals surface area contributed by atoms with Gasteiger partial charge in [0.15, 0.2) is 6.10 Å². The first-order valence-corrected chi connectivity index (χ1v) is 12.0. The Labute approximate surface area is 209 Å². The average Bonchev–Trinajstić information content (AvgIpc) is 2.90. The molecule has 36 heavy (non-hydrogen) atoms. The third kappa shape index (κ3) is 4.97. The van der Waals surface area contributed by atoms with Gasteiger partial charge in [-0.2, -0.15) is 0 Å². The lowest BCUT2D eigenvalue weighted by molar-refractivity contribution is -0.122. The molecule has 4 aromatic rings. The maximum atomic E-state index is 13.1. The third-order valence-corrected chi connectivity index (χ3v) is 6.30. The number of amides is 1. The molecule has 1 aliphatic heterocycles. The SMILES string of the molecule is Cc1oc2cc(OC(C)C(=O)Nc3ccc(N4CCOCC4)cc3)ccc2c(=O)c1-c1ccccc1. The topological polar surface area (TPSA) is 81.0 Å². The molecule has 1 saturated heterocycles. The minimum atomic E-state index is -0.752. The number of nitrogens with zero attached hydrogens (tertiary/aromatic N) is 1. The van der Waals surface area contributed by atoms with Crippen LogP contribution < -0.4 is 20.4 Å². The molecule has 0 aliphatic carbocycles. The highest BCUT2D eigenvalue weighted by molar-refractivity contribution is 5.94. The summed E-state index contributed by atoms with van der Waals surface area (Å²) in [5, 5.41) is 3.35. The lowest BCUT2D eigenvalue weighted by Gasteiger charge is -2.29. The van der Waals surface area contributed by atoms with Gasteiger partial charge < -0.3 is 24.1 Å². The molecule has 1 atom stereocenters. The molecular weight excluding hydrogens is 456 g/mol. The minimum Gasteiger partial charge on any atom is -0.481 e. The zero-order chi connectivity index (χ0) is 25.1. The molecule has 0 radical (unpaired) electrons. The predicted molar refractivity (Wildman–Crippen MR) is 141 cm³/mol. The average molecular weight is 485 g/mol. The van der Waals surface area contributed by atoms with Gasteiger partial charge in [-0.15, -0.1) is 0 Å². The number of rotatable bonds is 6. The molecule has 1 aliphatic rings. The van der Waals surface area contributed by atoms with Crippen molar-refractivity contribution in [1.29, 1.82) is 0 Å². The van der Waals surface area contributed by atoms with Crippen molar-refractivity contribution >= 4 is 28.3 Å². The second-order valence-electron chi connectivity index (χ2n) is 8.78. The molecule has 184 valence electrons. The van der Waals surface area contributed by atoms with Crippen LogP contribution in [0.5, 0.6) is 5.75 Å². The molecule has 1 aromatic heterocycles. The number of fused-ring (bicyclic) bond motifs is 1. The van der Waals surface area contributed by atoms with Gasteiger partial charge in [-0.1, -0.05) is 30.3 Å². The fourth-order valence-electron chi connectivity index (χ4n) is 4.38. The highest BCUT2D eigenvalue weighted by Gasteiger charge is 2.18. The maximum absolute atomic E-state index is 13.1. The molecule has 7 nitrogen and oxygen atoms in total. The number of ether oxygens (including phenoxy) is 2. The van der Waals surface area contributed by atoms with Crippen LogP contribution in [0.2, 0.25) is 0 Å². The fraction of sp³-hybridized carbons (Fsp3) is 0.241. The van der Waals surface area contributed by atoms with Crippen LogP contribution in [0.25, 0.3) is 22.1 Å². The summed E-state index contributed by atoms with van der Waals surface area (Å²) in [7, 11) is 0. The van der Waals surface area contributed by atoms with Gasteiger partial charge in [0, 0.05) is 30.5 Å². The zero-order valence-electron chi connectivity index (χ0n) is 20.3. The second-order valence-corrected chi connectivity index (χ2v) is 8.78. The van der Waals surface area contributed by atoms with Crippen LogP contribution in [0.1, 0.15) is 12.7 Å². The Balaban J connectivity index is 1.28. The number of nitrogens with one attached hydrogen (secondary N) is 1. The lowest BCUT2D eigenvalue weighted by atomic mass is 10.0. The van der Waals surface area contributed by atoms with E-state index in [0.29, 0.717) is 33.7 Å². The van der Waals surface area contributed by atoms with E-state index in [1.54, 1.807) is 32.0 Å². The molecule has 1 N–H and O–H groups in total. The van der Waals surface area contributed by atoms with Gasteiger partial charge in [0.25, 0.3) is 5.91 Å². The molecular formula is C29H28N2O5. The zero-order valence-corrected chi connectivity index (χ0v) is 20.3. The predicted octanol–water partition coefficient (Wildman–Crippen LogP) is 5.01. The Morgan fingerprint density at radius 1 is 1.00 bits per heavy atom. The summed E-state index contributed by atoms with van der Waals surface area (Å²) in [6.45, 7) is 6.61. The summed E-state index contributed by atoms with van der Waals surface area (Å²) in [6, 6.07) is 22.2. The van der Waals surface area contributed by atoms with Gasteiger partial charge in [-0.3, -0.25) is 9.59 Å². The molecule has 3 aromatic carbocycles. The summed E-state index contributed by atoms with van der Waals surface area (Å²) >= 11 is 0. The molecule has 0 saturated carbocycles.